The Morgan fingerprint density at radius 2 is 2.29 bits per heavy atom. The zero-order valence-corrected chi connectivity index (χ0v) is 12.0. The number of hydrogen-bond acceptors (Lipinski definition) is 4. The molecule has 0 aliphatic carbocycles. The lowest BCUT2D eigenvalue weighted by atomic mass is 10.0. The second kappa shape index (κ2) is 5.55. The summed E-state index contributed by atoms with van der Waals surface area (Å²) < 4.78 is 2.00. The van der Waals surface area contributed by atoms with E-state index in [0.717, 1.165) is 31.6 Å². The monoisotopic (exact) mass is 286 g/mol. The minimum atomic E-state index is -0.331. The summed E-state index contributed by atoms with van der Waals surface area (Å²) in [6.07, 6.45) is 6.01. The number of anilines is 1. The predicted octanol–water partition coefficient (Wildman–Crippen LogP) is 2.94. The van der Waals surface area contributed by atoms with Crippen molar-refractivity contribution in [2.24, 2.45) is 0 Å². The lowest BCUT2D eigenvalue weighted by Gasteiger charge is -2.34. The predicted molar refractivity (Wildman–Crippen MR) is 80.5 cm³/mol. The number of aryl methyl sites for hydroxylation is 1. The molecule has 3 rings (SSSR count). The van der Waals surface area contributed by atoms with Gasteiger partial charge in [0, 0.05) is 42.8 Å². The van der Waals surface area contributed by atoms with E-state index in [2.05, 4.69) is 10.00 Å². The fourth-order valence-electron chi connectivity index (χ4n) is 2.94. The highest BCUT2D eigenvalue weighted by molar-refractivity contribution is 5.55. The van der Waals surface area contributed by atoms with E-state index >= 15 is 0 Å². The summed E-state index contributed by atoms with van der Waals surface area (Å²) in [6.45, 7) is 3.66. The lowest BCUT2D eigenvalue weighted by Crippen LogP contribution is -2.36. The average Bonchev–Trinajstić information content (AvgIpc) is 3.01. The van der Waals surface area contributed by atoms with Gasteiger partial charge in [-0.3, -0.25) is 14.8 Å². The normalized spacial score (nSPS) is 18.7. The van der Waals surface area contributed by atoms with Crippen molar-refractivity contribution >= 4 is 11.4 Å². The molecular weight excluding hydrogens is 268 g/mol. The third-order valence-electron chi connectivity index (χ3n) is 4.04. The molecule has 1 fully saturated rings. The Kier molecular flexibility index (Phi) is 3.60. The van der Waals surface area contributed by atoms with Crippen molar-refractivity contribution in [1.29, 1.82) is 0 Å². The molecule has 0 amide bonds. The molecule has 1 aromatic carbocycles. The first-order chi connectivity index (χ1) is 10.1. The van der Waals surface area contributed by atoms with Crippen LogP contribution in [0, 0.1) is 17.0 Å². The standard InChI is InChI=1S/C15H18N4O2/c1-12-10-13(5-6-15(12)19(20)21)17-8-2-4-14(11-17)18-9-3-7-16-18/h3,5-7,9-10,14H,2,4,8,11H2,1H3. The molecule has 0 radical (unpaired) electrons. The zero-order valence-electron chi connectivity index (χ0n) is 12.0. The Labute approximate surface area is 123 Å². The van der Waals surface area contributed by atoms with Crippen LogP contribution in [0.3, 0.4) is 0 Å². The molecule has 1 saturated heterocycles. The van der Waals surface area contributed by atoms with E-state index in [0.29, 0.717) is 11.6 Å². The van der Waals surface area contributed by atoms with Gasteiger partial charge in [0.1, 0.15) is 0 Å². The summed E-state index contributed by atoms with van der Waals surface area (Å²) in [5.41, 5.74) is 1.94. The van der Waals surface area contributed by atoms with Gasteiger partial charge in [-0.25, -0.2) is 0 Å². The van der Waals surface area contributed by atoms with Gasteiger partial charge in [-0.2, -0.15) is 5.10 Å². The van der Waals surface area contributed by atoms with Crippen molar-refractivity contribution in [3.8, 4) is 0 Å². The molecule has 0 saturated carbocycles. The van der Waals surface area contributed by atoms with Gasteiger partial charge < -0.3 is 4.90 Å². The third-order valence-corrected chi connectivity index (χ3v) is 4.04. The number of piperidine rings is 1. The van der Waals surface area contributed by atoms with Crippen LogP contribution in [-0.4, -0.2) is 27.8 Å². The Morgan fingerprint density at radius 1 is 1.43 bits per heavy atom. The number of rotatable bonds is 3. The van der Waals surface area contributed by atoms with Crippen LogP contribution in [0.4, 0.5) is 11.4 Å². The average molecular weight is 286 g/mol. The van der Waals surface area contributed by atoms with Crippen LogP contribution in [-0.2, 0) is 0 Å². The van der Waals surface area contributed by atoms with Crippen LogP contribution in [0.5, 0.6) is 0 Å². The fourth-order valence-corrected chi connectivity index (χ4v) is 2.94. The number of nitrogens with zero attached hydrogens (tertiary/aromatic N) is 4. The van der Waals surface area contributed by atoms with Gasteiger partial charge in [0.25, 0.3) is 5.69 Å². The molecule has 0 N–H and O–H groups in total. The Balaban J connectivity index is 1.80. The molecule has 1 aromatic heterocycles. The molecule has 1 aliphatic rings. The van der Waals surface area contributed by atoms with Crippen LogP contribution < -0.4 is 4.90 Å². The van der Waals surface area contributed by atoms with Crippen molar-refractivity contribution in [2.75, 3.05) is 18.0 Å². The molecule has 1 unspecified atom stereocenters. The minimum absolute atomic E-state index is 0.180. The van der Waals surface area contributed by atoms with Crippen molar-refractivity contribution in [3.63, 3.8) is 0 Å². The largest absolute Gasteiger partial charge is 0.369 e. The van der Waals surface area contributed by atoms with Crippen molar-refractivity contribution in [3.05, 3.63) is 52.3 Å². The summed E-state index contributed by atoms with van der Waals surface area (Å²) >= 11 is 0. The molecule has 2 aromatic rings. The second-order valence-electron chi connectivity index (χ2n) is 5.46. The van der Waals surface area contributed by atoms with Crippen LogP contribution in [0.25, 0.3) is 0 Å². The number of nitro benzene ring substituents is 1. The Morgan fingerprint density at radius 3 is 2.95 bits per heavy atom. The van der Waals surface area contributed by atoms with E-state index in [1.54, 1.807) is 19.2 Å². The second-order valence-corrected chi connectivity index (χ2v) is 5.46. The van der Waals surface area contributed by atoms with E-state index in [1.165, 1.54) is 0 Å². The summed E-state index contributed by atoms with van der Waals surface area (Å²) in [6, 6.07) is 7.65. The van der Waals surface area contributed by atoms with Gasteiger partial charge in [0.15, 0.2) is 0 Å². The van der Waals surface area contributed by atoms with Crippen LogP contribution in [0.2, 0.25) is 0 Å². The highest BCUT2D eigenvalue weighted by Crippen LogP contribution is 2.29. The Hall–Kier alpha value is -2.37. The first-order valence-corrected chi connectivity index (χ1v) is 7.14. The third kappa shape index (κ3) is 2.74. The van der Waals surface area contributed by atoms with E-state index in [-0.39, 0.29) is 10.6 Å². The SMILES string of the molecule is Cc1cc(N2CCCC(n3cccn3)C2)ccc1[N+](=O)[O-]. The highest BCUT2D eigenvalue weighted by Gasteiger charge is 2.22. The molecule has 1 atom stereocenters. The van der Waals surface area contributed by atoms with Crippen molar-refractivity contribution < 1.29 is 4.92 Å². The molecule has 6 heteroatoms. The molecule has 21 heavy (non-hydrogen) atoms. The van der Waals surface area contributed by atoms with Gasteiger partial charge in [0.2, 0.25) is 0 Å². The van der Waals surface area contributed by atoms with Crippen molar-refractivity contribution in [2.45, 2.75) is 25.8 Å². The maximum Gasteiger partial charge on any atom is 0.272 e. The molecule has 110 valence electrons. The topological polar surface area (TPSA) is 64.2 Å². The molecular formula is C15H18N4O2. The number of benzene rings is 1. The first kappa shape index (κ1) is 13.6. The van der Waals surface area contributed by atoms with Gasteiger partial charge in [-0.15, -0.1) is 0 Å². The smallest absolute Gasteiger partial charge is 0.272 e. The summed E-state index contributed by atoms with van der Waals surface area (Å²) in [4.78, 5) is 12.8. The quantitative estimate of drug-likeness (QED) is 0.643. The van der Waals surface area contributed by atoms with Gasteiger partial charge >= 0.3 is 0 Å². The van der Waals surface area contributed by atoms with Crippen molar-refractivity contribution in [1.82, 2.24) is 9.78 Å². The zero-order chi connectivity index (χ0) is 14.8. The number of aromatic nitrogens is 2. The van der Waals surface area contributed by atoms with Crippen LogP contribution >= 0.6 is 0 Å². The van der Waals surface area contributed by atoms with Gasteiger partial charge in [-0.05, 0) is 38.0 Å². The molecule has 2 heterocycles. The highest BCUT2D eigenvalue weighted by atomic mass is 16.6. The van der Waals surface area contributed by atoms with E-state index < -0.39 is 0 Å². The summed E-state index contributed by atoms with van der Waals surface area (Å²) in [5, 5.41) is 15.2. The summed E-state index contributed by atoms with van der Waals surface area (Å²) in [7, 11) is 0. The fraction of sp³-hybridized carbons (Fsp3) is 0.400. The van der Waals surface area contributed by atoms with Gasteiger partial charge in [-0.1, -0.05) is 0 Å². The van der Waals surface area contributed by atoms with Crippen LogP contribution in [0.1, 0.15) is 24.4 Å². The number of nitro groups is 1. The van der Waals surface area contributed by atoms with E-state index in [9.17, 15) is 10.1 Å². The first-order valence-electron chi connectivity index (χ1n) is 7.14. The van der Waals surface area contributed by atoms with Crippen LogP contribution in [0.15, 0.2) is 36.7 Å². The lowest BCUT2D eigenvalue weighted by molar-refractivity contribution is -0.385. The molecule has 0 spiro atoms. The maximum atomic E-state index is 10.9. The number of hydrogen-bond donors (Lipinski definition) is 0. The minimum Gasteiger partial charge on any atom is -0.369 e. The Bertz CT molecular complexity index is 639. The maximum absolute atomic E-state index is 10.9. The molecule has 0 bridgehead atoms. The summed E-state index contributed by atoms with van der Waals surface area (Å²) in [5.74, 6) is 0. The van der Waals surface area contributed by atoms with Gasteiger partial charge in [0.05, 0.1) is 11.0 Å². The molecule has 1 aliphatic heterocycles. The van der Waals surface area contributed by atoms with E-state index in [1.807, 2.05) is 29.1 Å². The van der Waals surface area contributed by atoms with E-state index in [4.69, 9.17) is 0 Å². The molecule has 6 nitrogen and oxygen atoms in total.